The lowest BCUT2D eigenvalue weighted by atomic mass is 9.82. The molecule has 3 fully saturated rings. The molecule has 1 aromatic carbocycles. The first kappa shape index (κ1) is 15.6. The maximum Gasteiger partial charge on any atom is 0.0654 e. The van der Waals surface area contributed by atoms with Crippen LogP contribution in [0.3, 0.4) is 0 Å². The van der Waals surface area contributed by atoms with E-state index >= 15 is 0 Å². The van der Waals surface area contributed by atoms with Gasteiger partial charge in [-0.2, -0.15) is 0 Å². The molecule has 4 rings (SSSR count). The van der Waals surface area contributed by atoms with Crippen molar-refractivity contribution in [1.82, 2.24) is 10.2 Å². The van der Waals surface area contributed by atoms with Crippen LogP contribution in [0.4, 0.5) is 0 Å². The molecule has 1 N–H and O–H groups in total. The molecule has 0 aromatic heterocycles. The van der Waals surface area contributed by atoms with Gasteiger partial charge in [0.1, 0.15) is 0 Å². The van der Waals surface area contributed by atoms with Crippen LogP contribution >= 0.6 is 0 Å². The van der Waals surface area contributed by atoms with Gasteiger partial charge in [0.25, 0.3) is 0 Å². The minimum atomic E-state index is 0.381. The fourth-order valence-electron chi connectivity index (χ4n) is 4.95. The van der Waals surface area contributed by atoms with Crippen LogP contribution < -0.4 is 5.32 Å². The third-order valence-corrected chi connectivity index (χ3v) is 6.47. The average Bonchev–Trinajstić information content (AvgIpc) is 3.11. The summed E-state index contributed by atoms with van der Waals surface area (Å²) in [6.45, 7) is 7.03. The molecule has 0 radical (unpaired) electrons. The van der Waals surface area contributed by atoms with E-state index in [1.54, 1.807) is 16.7 Å². The Morgan fingerprint density at radius 1 is 1.30 bits per heavy atom. The van der Waals surface area contributed by atoms with Crippen molar-refractivity contribution in [3.63, 3.8) is 0 Å². The van der Waals surface area contributed by atoms with Crippen molar-refractivity contribution >= 4 is 0 Å². The number of nitrogens with one attached hydrogen (secondary N) is 1. The van der Waals surface area contributed by atoms with Gasteiger partial charge in [-0.15, -0.1) is 0 Å². The summed E-state index contributed by atoms with van der Waals surface area (Å²) in [7, 11) is 4.14. The van der Waals surface area contributed by atoms with Crippen LogP contribution in [-0.4, -0.2) is 51.3 Å². The van der Waals surface area contributed by atoms with Crippen molar-refractivity contribution < 1.29 is 4.74 Å². The molecule has 2 aliphatic heterocycles. The van der Waals surface area contributed by atoms with Crippen LogP contribution in [0.2, 0.25) is 0 Å². The highest BCUT2D eigenvalue weighted by Crippen LogP contribution is 2.61. The predicted molar refractivity (Wildman–Crippen MR) is 94.0 cm³/mol. The van der Waals surface area contributed by atoms with Gasteiger partial charge >= 0.3 is 0 Å². The molecule has 1 aromatic rings. The smallest absolute Gasteiger partial charge is 0.0654 e. The van der Waals surface area contributed by atoms with Crippen molar-refractivity contribution in [3.05, 3.63) is 34.9 Å². The number of likely N-dealkylation sites (N-methyl/N-ethyl adjacent to an activating group) is 1. The summed E-state index contributed by atoms with van der Waals surface area (Å²) in [6, 6.07) is 7.33. The van der Waals surface area contributed by atoms with Crippen LogP contribution in [0.5, 0.6) is 0 Å². The van der Waals surface area contributed by atoms with Gasteiger partial charge in [-0.3, -0.25) is 0 Å². The molecule has 126 valence electrons. The lowest BCUT2D eigenvalue weighted by Crippen LogP contribution is -2.43. The molecule has 3 unspecified atom stereocenters. The van der Waals surface area contributed by atoms with E-state index in [1.165, 1.54) is 39.0 Å². The van der Waals surface area contributed by atoms with Crippen LogP contribution in [0.1, 0.15) is 36.0 Å². The van der Waals surface area contributed by atoms with Gasteiger partial charge in [0.05, 0.1) is 6.10 Å². The first-order chi connectivity index (χ1) is 11.2. The van der Waals surface area contributed by atoms with E-state index < -0.39 is 0 Å². The number of aryl methyl sites for hydroxylation is 1. The average molecular weight is 314 g/mol. The number of benzene rings is 1. The highest BCUT2D eigenvalue weighted by Gasteiger charge is 2.63. The standard InChI is InChI=1S/C20H30N2O/c1-4-15-5-6-16(8-17(15)7-14-10-21-11-14)18-12-22(2)13-20(18)9-19(20)23-3/h5-6,8,14,18-19,21H,4,7,9-13H2,1-3H3. The Kier molecular flexibility index (Phi) is 3.99. The van der Waals surface area contributed by atoms with Gasteiger partial charge in [-0.1, -0.05) is 25.1 Å². The van der Waals surface area contributed by atoms with Crippen molar-refractivity contribution in [1.29, 1.82) is 0 Å². The van der Waals surface area contributed by atoms with E-state index in [1.807, 2.05) is 7.11 Å². The van der Waals surface area contributed by atoms with Gasteiger partial charge < -0.3 is 15.0 Å². The van der Waals surface area contributed by atoms with E-state index in [-0.39, 0.29) is 0 Å². The Hall–Kier alpha value is -0.900. The van der Waals surface area contributed by atoms with E-state index in [0.717, 1.165) is 12.3 Å². The minimum Gasteiger partial charge on any atom is -0.381 e. The molecule has 2 heterocycles. The fourth-order valence-corrected chi connectivity index (χ4v) is 4.95. The lowest BCUT2D eigenvalue weighted by molar-refractivity contribution is 0.140. The summed E-state index contributed by atoms with van der Waals surface area (Å²) in [5.74, 6) is 1.48. The Morgan fingerprint density at radius 3 is 2.74 bits per heavy atom. The van der Waals surface area contributed by atoms with Crippen molar-refractivity contribution in [2.45, 2.75) is 38.2 Å². The second kappa shape index (κ2) is 5.87. The predicted octanol–water partition coefficient (Wildman–Crippen LogP) is 2.45. The number of ether oxygens (including phenoxy) is 1. The Balaban J connectivity index is 1.62. The molecule has 0 bridgehead atoms. The van der Waals surface area contributed by atoms with Crippen LogP contribution in [0.15, 0.2) is 18.2 Å². The fraction of sp³-hybridized carbons (Fsp3) is 0.700. The van der Waals surface area contributed by atoms with E-state index in [2.05, 4.69) is 42.4 Å². The van der Waals surface area contributed by atoms with Crippen LogP contribution in [-0.2, 0) is 17.6 Å². The van der Waals surface area contributed by atoms with Gasteiger partial charge in [-0.05, 0) is 62.0 Å². The molecule has 3 aliphatic rings. The maximum atomic E-state index is 5.73. The van der Waals surface area contributed by atoms with Crippen LogP contribution in [0, 0.1) is 11.3 Å². The largest absolute Gasteiger partial charge is 0.381 e. The molecule has 2 saturated heterocycles. The summed E-state index contributed by atoms with van der Waals surface area (Å²) in [4.78, 5) is 2.49. The normalized spacial score (nSPS) is 34.0. The number of nitrogens with zero attached hydrogens (tertiary/aromatic N) is 1. The molecule has 23 heavy (non-hydrogen) atoms. The summed E-state index contributed by atoms with van der Waals surface area (Å²) in [6.07, 6.45) is 4.08. The summed E-state index contributed by atoms with van der Waals surface area (Å²) in [5, 5.41) is 3.41. The molecule has 3 heteroatoms. The van der Waals surface area contributed by atoms with Crippen molar-refractivity contribution in [2.24, 2.45) is 11.3 Å². The zero-order valence-electron chi connectivity index (χ0n) is 14.8. The number of likely N-dealkylation sites (tertiary alicyclic amines) is 1. The summed E-state index contributed by atoms with van der Waals surface area (Å²) in [5.41, 5.74) is 5.07. The maximum absolute atomic E-state index is 5.73. The highest BCUT2D eigenvalue weighted by molar-refractivity contribution is 5.38. The molecule has 0 amide bonds. The SMILES string of the molecule is CCc1ccc(C2CN(C)CC23CC3OC)cc1CC1CNC1. The number of rotatable bonds is 5. The molecular weight excluding hydrogens is 284 g/mol. The van der Waals surface area contributed by atoms with Crippen molar-refractivity contribution in [3.8, 4) is 0 Å². The zero-order valence-corrected chi connectivity index (χ0v) is 14.8. The van der Waals surface area contributed by atoms with E-state index in [9.17, 15) is 0 Å². The Morgan fingerprint density at radius 2 is 2.13 bits per heavy atom. The molecule has 1 spiro atoms. The van der Waals surface area contributed by atoms with Gasteiger partial charge in [0.15, 0.2) is 0 Å². The van der Waals surface area contributed by atoms with Gasteiger partial charge in [0.2, 0.25) is 0 Å². The molecule has 3 atom stereocenters. The monoisotopic (exact) mass is 314 g/mol. The first-order valence-corrected chi connectivity index (χ1v) is 9.20. The van der Waals surface area contributed by atoms with E-state index in [0.29, 0.717) is 17.4 Å². The Bertz CT molecular complexity index is 583. The third kappa shape index (κ3) is 2.63. The topological polar surface area (TPSA) is 24.5 Å². The quantitative estimate of drug-likeness (QED) is 0.903. The molecular formula is C20H30N2O. The second-order valence-corrected chi connectivity index (χ2v) is 8.02. The van der Waals surface area contributed by atoms with Gasteiger partial charge in [0, 0.05) is 31.5 Å². The van der Waals surface area contributed by atoms with Gasteiger partial charge in [-0.25, -0.2) is 0 Å². The third-order valence-electron chi connectivity index (χ3n) is 6.47. The Labute approximate surface area is 140 Å². The summed E-state index contributed by atoms with van der Waals surface area (Å²) >= 11 is 0. The molecule has 1 saturated carbocycles. The second-order valence-electron chi connectivity index (χ2n) is 8.02. The highest BCUT2D eigenvalue weighted by atomic mass is 16.5. The van der Waals surface area contributed by atoms with Crippen LogP contribution in [0.25, 0.3) is 0 Å². The van der Waals surface area contributed by atoms with E-state index in [4.69, 9.17) is 4.74 Å². The van der Waals surface area contributed by atoms with Crippen molar-refractivity contribution in [2.75, 3.05) is 40.3 Å². The number of hydrogen-bond acceptors (Lipinski definition) is 3. The number of hydrogen-bond donors (Lipinski definition) is 1. The summed E-state index contributed by atoms with van der Waals surface area (Å²) < 4.78 is 5.73. The first-order valence-electron chi connectivity index (χ1n) is 9.20. The number of methoxy groups -OCH3 is 1. The lowest BCUT2D eigenvalue weighted by Gasteiger charge is -2.28. The minimum absolute atomic E-state index is 0.381. The molecule has 3 nitrogen and oxygen atoms in total. The zero-order chi connectivity index (χ0) is 16.0. The molecule has 1 aliphatic carbocycles.